The molecular formula is C12H12N4. The number of aromatic nitrogens is 2. The molecule has 2 rings (SSSR count). The topological polar surface area (TPSA) is 50.2 Å². The van der Waals surface area contributed by atoms with Crippen molar-refractivity contribution in [3.8, 4) is 0 Å². The van der Waals surface area contributed by atoms with Gasteiger partial charge in [-0.1, -0.05) is 29.8 Å². The second-order valence-corrected chi connectivity index (χ2v) is 3.35. The zero-order valence-electron chi connectivity index (χ0n) is 8.96. The summed E-state index contributed by atoms with van der Waals surface area (Å²) in [6, 6.07) is 9.86. The number of hydrazone groups is 1. The minimum atomic E-state index is 0.492. The monoisotopic (exact) mass is 212 g/mol. The van der Waals surface area contributed by atoms with E-state index in [0.29, 0.717) is 5.95 Å². The molecule has 0 amide bonds. The van der Waals surface area contributed by atoms with Crippen LogP contribution in [0.1, 0.15) is 11.1 Å². The maximum absolute atomic E-state index is 4.04. The lowest BCUT2D eigenvalue weighted by Crippen LogP contribution is -1.95. The molecule has 0 bridgehead atoms. The van der Waals surface area contributed by atoms with Crippen LogP contribution < -0.4 is 5.43 Å². The van der Waals surface area contributed by atoms with E-state index in [-0.39, 0.29) is 0 Å². The quantitative estimate of drug-likeness (QED) is 0.627. The smallest absolute Gasteiger partial charge is 0.243 e. The number of hydrogen-bond acceptors (Lipinski definition) is 4. The summed E-state index contributed by atoms with van der Waals surface area (Å²) >= 11 is 0. The standard InChI is InChI=1S/C12H12N4/c1-10-3-5-11(6-4-10)9-15-16-12-13-7-2-8-14-12/h2-9H,1H3,(H,13,14,16). The molecule has 16 heavy (non-hydrogen) atoms. The summed E-state index contributed by atoms with van der Waals surface area (Å²) in [6.45, 7) is 2.05. The van der Waals surface area contributed by atoms with Crippen molar-refractivity contribution in [3.63, 3.8) is 0 Å². The van der Waals surface area contributed by atoms with Crippen molar-refractivity contribution in [2.75, 3.05) is 5.43 Å². The van der Waals surface area contributed by atoms with Gasteiger partial charge in [-0.25, -0.2) is 15.4 Å². The minimum Gasteiger partial charge on any atom is -0.245 e. The van der Waals surface area contributed by atoms with Gasteiger partial charge in [-0.15, -0.1) is 0 Å². The van der Waals surface area contributed by atoms with Crippen LogP contribution in [0.3, 0.4) is 0 Å². The van der Waals surface area contributed by atoms with E-state index in [4.69, 9.17) is 0 Å². The predicted molar refractivity (Wildman–Crippen MR) is 64.4 cm³/mol. The van der Waals surface area contributed by atoms with Gasteiger partial charge < -0.3 is 0 Å². The van der Waals surface area contributed by atoms with Crippen LogP contribution in [0.4, 0.5) is 5.95 Å². The molecule has 0 unspecified atom stereocenters. The van der Waals surface area contributed by atoms with E-state index >= 15 is 0 Å². The molecule has 0 saturated carbocycles. The first kappa shape index (κ1) is 10.3. The van der Waals surface area contributed by atoms with Crippen molar-refractivity contribution in [1.29, 1.82) is 0 Å². The molecule has 0 fully saturated rings. The fraction of sp³-hybridized carbons (Fsp3) is 0.0833. The summed E-state index contributed by atoms with van der Waals surface area (Å²) in [6.07, 6.45) is 5.06. The van der Waals surface area contributed by atoms with E-state index in [1.54, 1.807) is 24.7 Å². The highest BCUT2D eigenvalue weighted by molar-refractivity contribution is 5.79. The van der Waals surface area contributed by atoms with Gasteiger partial charge in [0.2, 0.25) is 5.95 Å². The maximum Gasteiger partial charge on any atom is 0.243 e. The van der Waals surface area contributed by atoms with Gasteiger partial charge in [0.1, 0.15) is 0 Å². The normalized spacial score (nSPS) is 10.6. The number of benzene rings is 1. The van der Waals surface area contributed by atoms with Gasteiger partial charge in [-0.2, -0.15) is 5.10 Å². The van der Waals surface area contributed by atoms with Crippen LogP contribution >= 0.6 is 0 Å². The summed E-state index contributed by atoms with van der Waals surface area (Å²) < 4.78 is 0. The Kier molecular flexibility index (Phi) is 3.23. The molecule has 1 N–H and O–H groups in total. The van der Waals surface area contributed by atoms with Crippen LogP contribution in [-0.4, -0.2) is 16.2 Å². The van der Waals surface area contributed by atoms with Gasteiger partial charge in [-0.3, -0.25) is 0 Å². The Morgan fingerprint density at radius 1 is 1.12 bits per heavy atom. The molecule has 0 atom stereocenters. The van der Waals surface area contributed by atoms with Gasteiger partial charge in [0.25, 0.3) is 0 Å². The average Bonchev–Trinajstić information content (AvgIpc) is 2.33. The van der Waals surface area contributed by atoms with E-state index in [2.05, 4.69) is 27.4 Å². The molecule has 0 aliphatic carbocycles. The van der Waals surface area contributed by atoms with E-state index in [9.17, 15) is 0 Å². The predicted octanol–water partition coefficient (Wildman–Crippen LogP) is 2.23. The van der Waals surface area contributed by atoms with Crippen molar-refractivity contribution in [3.05, 3.63) is 53.9 Å². The van der Waals surface area contributed by atoms with E-state index in [0.717, 1.165) is 5.56 Å². The lowest BCUT2D eigenvalue weighted by atomic mass is 10.2. The highest BCUT2D eigenvalue weighted by atomic mass is 15.3. The van der Waals surface area contributed by atoms with Gasteiger partial charge in [0.15, 0.2) is 0 Å². The van der Waals surface area contributed by atoms with E-state index in [1.165, 1.54) is 5.56 Å². The number of anilines is 1. The van der Waals surface area contributed by atoms with E-state index < -0.39 is 0 Å². The summed E-state index contributed by atoms with van der Waals surface area (Å²) in [5.41, 5.74) is 5.02. The summed E-state index contributed by atoms with van der Waals surface area (Å²) in [7, 11) is 0. The van der Waals surface area contributed by atoms with Crippen LogP contribution in [-0.2, 0) is 0 Å². The molecule has 1 heterocycles. The van der Waals surface area contributed by atoms with Crippen molar-refractivity contribution >= 4 is 12.2 Å². The van der Waals surface area contributed by atoms with Gasteiger partial charge >= 0.3 is 0 Å². The summed E-state index contributed by atoms with van der Waals surface area (Å²) in [4.78, 5) is 7.98. The molecule has 2 aromatic rings. The number of nitrogens with one attached hydrogen (secondary N) is 1. The molecule has 0 aliphatic rings. The molecule has 1 aromatic heterocycles. The molecule has 80 valence electrons. The first-order valence-electron chi connectivity index (χ1n) is 4.97. The maximum atomic E-state index is 4.04. The number of hydrogen-bond donors (Lipinski definition) is 1. The minimum absolute atomic E-state index is 0.492. The summed E-state index contributed by atoms with van der Waals surface area (Å²) in [5.74, 6) is 0.492. The first-order valence-corrected chi connectivity index (χ1v) is 4.97. The Morgan fingerprint density at radius 2 is 1.81 bits per heavy atom. The SMILES string of the molecule is Cc1ccc(C=NNc2ncccn2)cc1. The van der Waals surface area contributed by atoms with Crippen molar-refractivity contribution < 1.29 is 0 Å². The van der Waals surface area contributed by atoms with Gasteiger partial charge in [-0.05, 0) is 18.6 Å². The fourth-order valence-corrected chi connectivity index (χ4v) is 1.17. The van der Waals surface area contributed by atoms with E-state index in [1.807, 2.05) is 24.3 Å². The zero-order valence-corrected chi connectivity index (χ0v) is 8.96. The number of nitrogens with zero attached hydrogens (tertiary/aromatic N) is 3. The van der Waals surface area contributed by atoms with Crippen LogP contribution in [0.5, 0.6) is 0 Å². The molecule has 0 radical (unpaired) electrons. The van der Waals surface area contributed by atoms with Crippen LogP contribution in [0, 0.1) is 6.92 Å². The molecule has 0 spiro atoms. The van der Waals surface area contributed by atoms with Crippen LogP contribution in [0.25, 0.3) is 0 Å². The Morgan fingerprint density at radius 3 is 2.50 bits per heavy atom. The average molecular weight is 212 g/mol. The third kappa shape index (κ3) is 2.88. The third-order valence-electron chi connectivity index (χ3n) is 2.02. The van der Waals surface area contributed by atoms with Gasteiger partial charge in [0, 0.05) is 12.4 Å². The Hall–Kier alpha value is -2.23. The zero-order chi connectivity index (χ0) is 11.2. The lowest BCUT2D eigenvalue weighted by molar-refractivity contribution is 1.12. The number of rotatable bonds is 3. The second-order valence-electron chi connectivity index (χ2n) is 3.35. The van der Waals surface area contributed by atoms with Crippen LogP contribution in [0.15, 0.2) is 47.8 Å². The highest BCUT2D eigenvalue weighted by Crippen LogP contribution is 2.00. The highest BCUT2D eigenvalue weighted by Gasteiger charge is 1.89. The Balaban J connectivity index is 1.98. The lowest BCUT2D eigenvalue weighted by Gasteiger charge is -1.96. The molecule has 0 aliphatic heterocycles. The summed E-state index contributed by atoms with van der Waals surface area (Å²) in [5, 5.41) is 4.04. The van der Waals surface area contributed by atoms with Crippen LogP contribution in [0.2, 0.25) is 0 Å². The fourth-order valence-electron chi connectivity index (χ4n) is 1.17. The Labute approximate surface area is 94.1 Å². The molecule has 1 aromatic carbocycles. The first-order chi connectivity index (χ1) is 7.84. The van der Waals surface area contributed by atoms with Crippen molar-refractivity contribution in [2.24, 2.45) is 5.10 Å². The van der Waals surface area contributed by atoms with Crippen molar-refractivity contribution in [1.82, 2.24) is 9.97 Å². The largest absolute Gasteiger partial charge is 0.245 e. The Bertz CT molecular complexity index is 462. The third-order valence-corrected chi connectivity index (χ3v) is 2.02. The molecule has 4 heteroatoms. The van der Waals surface area contributed by atoms with Gasteiger partial charge in [0.05, 0.1) is 6.21 Å². The van der Waals surface area contributed by atoms with Crippen molar-refractivity contribution in [2.45, 2.75) is 6.92 Å². The molecule has 0 saturated heterocycles. The number of aryl methyl sites for hydroxylation is 1. The second kappa shape index (κ2) is 5.02. The molecular weight excluding hydrogens is 200 g/mol. The molecule has 4 nitrogen and oxygen atoms in total.